The second kappa shape index (κ2) is 5.98. The van der Waals surface area contributed by atoms with Crippen molar-refractivity contribution >= 4 is 44.9 Å². The van der Waals surface area contributed by atoms with Crippen LogP contribution in [0.4, 0.5) is 5.82 Å². The van der Waals surface area contributed by atoms with Gasteiger partial charge in [-0.1, -0.05) is 11.8 Å². The van der Waals surface area contributed by atoms with Gasteiger partial charge in [-0.25, -0.2) is 9.97 Å². The van der Waals surface area contributed by atoms with Gasteiger partial charge in [-0.2, -0.15) is 0 Å². The van der Waals surface area contributed by atoms with Gasteiger partial charge in [0.15, 0.2) is 10.9 Å². The Hall–Kier alpha value is -1.86. The minimum absolute atomic E-state index is 0.0349. The summed E-state index contributed by atoms with van der Waals surface area (Å²) in [5.41, 5.74) is 8.13. The minimum Gasteiger partial charge on any atom is -0.383 e. The summed E-state index contributed by atoms with van der Waals surface area (Å²) in [6.45, 7) is 0. The number of Topliss-reactive ketones (excluding diaryl/α,β-unsaturated/α-hetero) is 1. The zero-order valence-electron chi connectivity index (χ0n) is 12.5. The number of H-pyrrole nitrogens is 1. The van der Waals surface area contributed by atoms with Gasteiger partial charge in [-0.15, -0.1) is 11.3 Å². The molecule has 4 rings (SSSR count). The lowest BCUT2D eigenvalue weighted by atomic mass is 9.97. The van der Waals surface area contributed by atoms with Crippen molar-refractivity contribution in [1.29, 1.82) is 0 Å². The predicted octanol–water partition coefficient (Wildman–Crippen LogP) is 3.46. The van der Waals surface area contributed by atoms with E-state index in [4.69, 9.17) is 5.73 Å². The molecule has 1 aliphatic carbocycles. The Balaban J connectivity index is 1.60. The van der Waals surface area contributed by atoms with Crippen LogP contribution in [0.5, 0.6) is 0 Å². The SMILES string of the molecule is Nc1nc(SCC(=O)c2ccc[nH]2)nc2sc3c(c12)CCCC3. The van der Waals surface area contributed by atoms with Gasteiger partial charge >= 0.3 is 0 Å². The fourth-order valence-corrected chi connectivity index (χ4v) is 5.00. The smallest absolute Gasteiger partial charge is 0.191 e. The van der Waals surface area contributed by atoms with Crippen LogP contribution in [-0.4, -0.2) is 26.5 Å². The molecule has 0 bridgehead atoms. The van der Waals surface area contributed by atoms with E-state index in [1.807, 2.05) is 6.07 Å². The number of nitrogens with one attached hydrogen (secondary N) is 1. The zero-order valence-corrected chi connectivity index (χ0v) is 14.1. The summed E-state index contributed by atoms with van der Waals surface area (Å²) in [4.78, 5) is 26.4. The average Bonchev–Trinajstić information content (AvgIpc) is 3.19. The van der Waals surface area contributed by atoms with Crippen molar-refractivity contribution in [2.24, 2.45) is 0 Å². The van der Waals surface area contributed by atoms with Gasteiger partial charge in [0.1, 0.15) is 10.6 Å². The standard InChI is InChI=1S/C16H16N4OS2/c17-14-13-9-4-1-2-6-12(9)23-15(13)20-16(19-14)22-8-11(21)10-5-3-7-18-10/h3,5,7,18H,1-2,4,6,8H2,(H2,17,19,20). The van der Waals surface area contributed by atoms with Crippen molar-refractivity contribution < 1.29 is 4.79 Å². The minimum atomic E-state index is 0.0349. The summed E-state index contributed by atoms with van der Waals surface area (Å²) in [6, 6.07) is 3.59. The van der Waals surface area contributed by atoms with E-state index in [0.29, 0.717) is 22.4 Å². The Kier molecular flexibility index (Phi) is 3.82. The maximum Gasteiger partial charge on any atom is 0.191 e. The zero-order chi connectivity index (χ0) is 15.8. The number of ketones is 1. The number of thioether (sulfide) groups is 1. The number of aromatic nitrogens is 3. The van der Waals surface area contributed by atoms with Gasteiger partial charge in [0.05, 0.1) is 16.8 Å². The molecule has 3 N–H and O–H groups in total. The number of rotatable bonds is 4. The second-order valence-corrected chi connectivity index (χ2v) is 7.60. The monoisotopic (exact) mass is 344 g/mol. The lowest BCUT2D eigenvalue weighted by Gasteiger charge is -2.10. The molecule has 23 heavy (non-hydrogen) atoms. The van der Waals surface area contributed by atoms with E-state index < -0.39 is 0 Å². The third kappa shape index (κ3) is 2.74. The number of fused-ring (bicyclic) bond motifs is 3. The molecule has 3 aromatic heterocycles. The van der Waals surface area contributed by atoms with Crippen molar-refractivity contribution in [2.75, 3.05) is 11.5 Å². The molecule has 1 aliphatic rings. The molecular formula is C16H16N4OS2. The fraction of sp³-hybridized carbons (Fsp3) is 0.312. The Bertz CT molecular complexity index is 870. The van der Waals surface area contributed by atoms with Crippen LogP contribution in [0.2, 0.25) is 0 Å². The largest absolute Gasteiger partial charge is 0.383 e. The van der Waals surface area contributed by atoms with Crippen molar-refractivity contribution in [3.8, 4) is 0 Å². The van der Waals surface area contributed by atoms with Crippen LogP contribution < -0.4 is 5.73 Å². The van der Waals surface area contributed by atoms with E-state index in [9.17, 15) is 4.79 Å². The van der Waals surface area contributed by atoms with Crippen LogP contribution in [0, 0.1) is 0 Å². The molecule has 0 unspecified atom stereocenters. The number of thiophene rings is 1. The topological polar surface area (TPSA) is 84.7 Å². The van der Waals surface area contributed by atoms with E-state index in [1.165, 1.54) is 35.0 Å². The molecule has 0 radical (unpaired) electrons. The van der Waals surface area contributed by atoms with Crippen LogP contribution >= 0.6 is 23.1 Å². The molecular weight excluding hydrogens is 328 g/mol. The Morgan fingerprint density at radius 1 is 1.35 bits per heavy atom. The van der Waals surface area contributed by atoms with Crippen LogP contribution in [0.3, 0.4) is 0 Å². The highest BCUT2D eigenvalue weighted by molar-refractivity contribution is 7.99. The third-order valence-electron chi connectivity index (χ3n) is 4.05. The number of aromatic amines is 1. The summed E-state index contributed by atoms with van der Waals surface area (Å²) in [5, 5.41) is 1.61. The van der Waals surface area contributed by atoms with Gasteiger partial charge in [-0.3, -0.25) is 4.79 Å². The predicted molar refractivity (Wildman–Crippen MR) is 94.3 cm³/mol. The molecule has 0 fully saturated rings. The van der Waals surface area contributed by atoms with Gasteiger partial charge in [0.25, 0.3) is 0 Å². The first kappa shape index (κ1) is 14.7. The first-order chi connectivity index (χ1) is 11.2. The van der Waals surface area contributed by atoms with Gasteiger partial charge in [-0.05, 0) is 43.4 Å². The number of hydrogen-bond acceptors (Lipinski definition) is 6. The fourth-order valence-electron chi connectivity index (χ4n) is 2.94. The number of nitrogen functional groups attached to an aromatic ring is 1. The van der Waals surface area contributed by atoms with Crippen molar-refractivity contribution in [2.45, 2.75) is 30.8 Å². The van der Waals surface area contributed by atoms with Crippen LogP contribution in [-0.2, 0) is 12.8 Å². The molecule has 118 valence electrons. The van der Waals surface area contributed by atoms with Crippen LogP contribution in [0.1, 0.15) is 33.8 Å². The second-order valence-electron chi connectivity index (χ2n) is 5.58. The van der Waals surface area contributed by atoms with Gasteiger partial charge in [0, 0.05) is 11.1 Å². The van der Waals surface area contributed by atoms with Gasteiger partial charge in [0.2, 0.25) is 0 Å². The number of carbonyl (C=O) groups is 1. The number of nitrogens with zero attached hydrogens (tertiary/aromatic N) is 2. The third-order valence-corrected chi connectivity index (χ3v) is 6.09. The molecule has 0 amide bonds. The number of aryl methyl sites for hydroxylation is 2. The summed E-state index contributed by atoms with van der Waals surface area (Å²) in [5.74, 6) is 0.883. The summed E-state index contributed by atoms with van der Waals surface area (Å²) < 4.78 is 0. The molecule has 0 aliphatic heterocycles. The molecule has 0 saturated carbocycles. The highest BCUT2D eigenvalue weighted by atomic mass is 32.2. The average molecular weight is 344 g/mol. The summed E-state index contributed by atoms with van der Waals surface area (Å²) >= 11 is 3.06. The molecule has 0 atom stereocenters. The van der Waals surface area contributed by atoms with Crippen molar-refractivity contribution in [3.63, 3.8) is 0 Å². The van der Waals surface area contributed by atoms with E-state index in [-0.39, 0.29) is 5.78 Å². The normalized spacial score (nSPS) is 14.1. The first-order valence-corrected chi connectivity index (χ1v) is 9.40. The van der Waals surface area contributed by atoms with Crippen LogP contribution in [0.15, 0.2) is 23.5 Å². The van der Waals surface area contributed by atoms with E-state index in [2.05, 4.69) is 15.0 Å². The Labute approximate surface area is 141 Å². The molecule has 5 nitrogen and oxygen atoms in total. The number of nitrogens with two attached hydrogens (primary N) is 1. The van der Waals surface area contributed by atoms with E-state index in [0.717, 1.165) is 23.1 Å². The van der Waals surface area contributed by atoms with Crippen molar-refractivity contribution in [1.82, 2.24) is 15.0 Å². The number of anilines is 1. The quantitative estimate of drug-likeness (QED) is 0.430. The van der Waals surface area contributed by atoms with Crippen LogP contribution in [0.25, 0.3) is 10.2 Å². The van der Waals surface area contributed by atoms with E-state index >= 15 is 0 Å². The highest BCUT2D eigenvalue weighted by Gasteiger charge is 2.20. The van der Waals surface area contributed by atoms with Gasteiger partial charge < -0.3 is 10.7 Å². The molecule has 0 spiro atoms. The molecule has 0 saturated heterocycles. The molecule has 0 aromatic carbocycles. The maximum atomic E-state index is 12.1. The summed E-state index contributed by atoms with van der Waals surface area (Å²) in [7, 11) is 0. The molecule has 3 aromatic rings. The lowest BCUT2D eigenvalue weighted by Crippen LogP contribution is -2.04. The lowest BCUT2D eigenvalue weighted by molar-refractivity contribution is 0.101. The number of hydrogen-bond donors (Lipinski definition) is 2. The Morgan fingerprint density at radius 3 is 3.04 bits per heavy atom. The Morgan fingerprint density at radius 2 is 2.22 bits per heavy atom. The summed E-state index contributed by atoms with van der Waals surface area (Å²) in [6.07, 6.45) is 6.37. The molecule has 3 heterocycles. The first-order valence-electron chi connectivity index (χ1n) is 7.59. The maximum absolute atomic E-state index is 12.1. The molecule has 7 heteroatoms. The highest BCUT2D eigenvalue weighted by Crippen LogP contribution is 2.38. The number of carbonyl (C=O) groups excluding carboxylic acids is 1. The van der Waals surface area contributed by atoms with Crippen molar-refractivity contribution in [3.05, 3.63) is 34.5 Å². The van der Waals surface area contributed by atoms with E-state index in [1.54, 1.807) is 23.6 Å².